The molecule has 0 bridgehead atoms. The zero-order valence-corrected chi connectivity index (χ0v) is 18.0. The monoisotopic (exact) mass is 428 g/mol. The minimum absolute atomic E-state index is 0.0209. The largest absolute Gasteiger partial charge is 0.458 e. The zero-order valence-electron chi connectivity index (χ0n) is 17.2. The van der Waals surface area contributed by atoms with E-state index in [1.165, 1.54) is 12.3 Å². The summed E-state index contributed by atoms with van der Waals surface area (Å²) in [7, 11) is -3.88. The molecule has 0 radical (unpaired) electrons. The molecule has 0 saturated carbocycles. The summed E-state index contributed by atoms with van der Waals surface area (Å²) in [6, 6.07) is 7.00. The number of aryl methyl sites for hydroxylation is 3. The maximum Gasteiger partial charge on any atom is 0.265 e. The number of benzene rings is 1. The zero-order chi connectivity index (χ0) is 21.5. The maximum atomic E-state index is 13.0. The summed E-state index contributed by atoms with van der Waals surface area (Å²) >= 11 is 0. The first kappa shape index (κ1) is 20.2. The van der Waals surface area contributed by atoms with Crippen molar-refractivity contribution in [3.05, 3.63) is 52.9 Å². The Kier molecular flexibility index (Phi) is 5.15. The Balaban J connectivity index is 1.66. The van der Waals surface area contributed by atoms with Crippen molar-refractivity contribution in [2.24, 2.45) is 0 Å². The Morgan fingerprint density at radius 1 is 1.17 bits per heavy atom. The summed E-state index contributed by atoms with van der Waals surface area (Å²) in [5.41, 5.74) is 3.03. The van der Waals surface area contributed by atoms with Gasteiger partial charge in [-0.1, -0.05) is 12.1 Å². The van der Waals surface area contributed by atoms with Crippen molar-refractivity contribution >= 4 is 21.6 Å². The van der Waals surface area contributed by atoms with Crippen LogP contribution >= 0.6 is 0 Å². The number of furan rings is 1. The van der Waals surface area contributed by atoms with Crippen molar-refractivity contribution in [1.29, 1.82) is 0 Å². The van der Waals surface area contributed by atoms with Crippen LogP contribution in [0, 0.1) is 20.8 Å². The highest BCUT2D eigenvalue weighted by Gasteiger charge is 2.28. The number of amides is 1. The van der Waals surface area contributed by atoms with E-state index in [9.17, 15) is 13.2 Å². The quantitative estimate of drug-likeness (QED) is 0.645. The van der Waals surface area contributed by atoms with Crippen LogP contribution < -0.4 is 4.72 Å². The summed E-state index contributed by atoms with van der Waals surface area (Å²) in [5, 5.41) is 6.76. The molecular weight excluding hydrogens is 404 g/mol. The second-order valence-electron chi connectivity index (χ2n) is 7.61. The fraction of sp³-hybridized carbons (Fsp3) is 0.333. The summed E-state index contributed by atoms with van der Waals surface area (Å²) < 4.78 is 34.4. The number of carbonyl (C=O) groups is 1. The Morgan fingerprint density at radius 3 is 2.63 bits per heavy atom. The van der Waals surface area contributed by atoms with Gasteiger partial charge < -0.3 is 9.32 Å². The van der Waals surface area contributed by atoms with Crippen LogP contribution in [-0.2, 0) is 10.0 Å². The number of aromatic amines is 1. The molecule has 1 aliphatic rings. The molecule has 3 heterocycles. The van der Waals surface area contributed by atoms with Crippen LogP contribution in [0.2, 0.25) is 0 Å². The van der Waals surface area contributed by atoms with Crippen LogP contribution in [-0.4, -0.2) is 42.5 Å². The Bertz CT molecular complexity index is 1200. The molecule has 30 heavy (non-hydrogen) atoms. The molecule has 8 nitrogen and oxygen atoms in total. The van der Waals surface area contributed by atoms with Gasteiger partial charge in [-0.25, -0.2) is 8.42 Å². The minimum atomic E-state index is -3.88. The molecule has 1 aromatic carbocycles. The summed E-state index contributed by atoms with van der Waals surface area (Å²) in [6.07, 6.45) is 3.41. The highest BCUT2D eigenvalue weighted by Crippen LogP contribution is 2.31. The lowest BCUT2D eigenvalue weighted by Gasteiger charge is -2.14. The standard InChI is InChI=1S/C21H24N4O4S/c1-13-6-7-14(2)17(10-13)24-30(27,28)19-11-18(29-15(19)3)20-16(12-22-23-20)21(26)25-8-4-5-9-25/h6-7,10-12,24H,4-5,8-9H2,1-3H3,(H,22,23). The lowest BCUT2D eigenvalue weighted by molar-refractivity contribution is 0.0793. The first-order valence-electron chi connectivity index (χ1n) is 9.80. The fourth-order valence-electron chi connectivity index (χ4n) is 3.63. The number of nitrogens with zero attached hydrogens (tertiary/aromatic N) is 2. The number of H-pyrrole nitrogens is 1. The Hall–Kier alpha value is -3.07. The van der Waals surface area contributed by atoms with Crippen molar-refractivity contribution in [3.63, 3.8) is 0 Å². The number of anilines is 1. The predicted octanol–water partition coefficient (Wildman–Crippen LogP) is 3.63. The number of rotatable bonds is 5. The number of hydrogen-bond donors (Lipinski definition) is 2. The van der Waals surface area contributed by atoms with Gasteiger partial charge in [0.05, 0.1) is 17.4 Å². The van der Waals surface area contributed by atoms with Gasteiger partial charge in [-0.2, -0.15) is 5.10 Å². The highest BCUT2D eigenvalue weighted by molar-refractivity contribution is 7.92. The smallest absolute Gasteiger partial charge is 0.265 e. The third kappa shape index (κ3) is 3.72. The normalized spacial score (nSPS) is 14.3. The van der Waals surface area contributed by atoms with E-state index in [0.29, 0.717) is 30.0 Å². The molecule has 0 spiro atoms. The number of aromatic nitrogens is 2. The fourth-order valence-corrected chi connectivity index (χ4v) is 4.93. The van der Waals surface area contributed by atoms with Gasteiger partial charge >= 0.3 is 0 Å². The highest BCUT2D eigenvalue weighted by atomic mass is 32.2. The van der Waals surface area contributed by atoms with Crippen molar-refractivity contribution in [2.45, 2.75) is 38.5 Å². The first-order valence-corrected chi connectivity index (χ1v) is 11.3. The van der Waals surface area contributed by atoms with Crippen LogP contribution in [0.15, 0.2) is 39.8 Å². The summed E-state index contributed by atoms with van der Waals surface area (Å²) in [4.78, 5) is 14.6. The van der Waals surface area contributed by atoms with Crippen LogP contribution in [0.3, 0.4) is 0 Å². The van der Waals surface area contributed by atoms with Crippen LogP contribution in [0.1, 0.15) is 40.1 Å². The number of likely N-dealkylation sites (tertiary alicyclic amines) is 1. The topological polar surface area (TPSA) is 108 Å². The van der Waals surface area contributed by atoms with Gasteiger partial charge in [-0.05, 0) is 50.8 Å². The van der Waals surface area contributed by atoms with Crippen molar-refractivity contribution < 1.29 is 17.6 Å². The second-order valence-corrected chi connectivity index (χ2v) is 9.26. The third-order valence-electron chi connectivity index (χ3n) is 5.31. The van der Waals surface area contributed by atoms with Gasteiger partial charge in [0.25, 0.3) is 15.9 Å². The number of carbonyl (C=O) groups excluding carboxylic acids is 1. The second kappa shape index (κ2) is 7.64. The molecule has 3 aromatic rings. The van der Waals surface area contributed by atoms with Crippen LogP contribution in [0.5, 0.6) is 0 Å². The van der Waals surface area contributed by atoms with Crippen molar-refractivity contribution in [2.75, 3.05) is 17.8 Å². The van der Waals surface area contributed by atoms with Gasteiger partial charge in [-0.15, -0.1) is 0 Å². The van der Waals surface area contributed by atoms with Gasteiger partial charge in [0.15, 0.2) is 5.76 Å². The Morgan fingerprint density at radius 2 is 1.90 bits per heavy atom. The molecule has 1 saturated heterocycles. The van der Waals surface area contributed by atoms with E-state index in [0.717, 1.165) is 24.0 Å². The van der Waals surface area contributed by atoms with E-state index in [1.54, 1.807) is 17.9 Å². The van der Waals surface area contributed by atoms with Gasteiger partial charge in [-0.3, -0.25) is 14.6 Å². The maximum absolute atomic E-state index is 13.0. The molecule has 2 N–H and O–H groups in total. The van der Waals surface area contributed by atoms with Crippen molar-refractivity contribution in [1.82, 2.24) is 15.1 Å². The molecule has 4 rings (SSSR count). The summed E-state index contributed by atoms with van der Waals surface area (Å²) in [5.74, 6) is 0.356. The van der Waals surface area contributed by atoms with E-state index >= 15 is 0 Å². The van der Waals surface area contributed by atoms with E-state index in [4.69, 9.17) is 4.42 Å². The van der Waals surface area contributed by atoms with Gasteiger partial charge in [0, 0.05) is 19.2 Å². The van der Waals surface area contributed by atoms with Gasteiger partial charge in [0.2, 0.25) is 0 Å². The summed E-state index contributed by atoms with van der Waals surface area (Å²) in [6.45, 7) is 6.74. The molecule has 0 aliphatic carbocycles. The molecule has 1 aliphatic heterocycles. The minimum Gasteiger partial charge on any atom is -0.458 e. The SMILES string of the molecule is Cc1ccc(C)c(NS(=O)(=O)c2cc(-c3[nH]ncc3C(=O)N3CCCC3)oc2C)c1. The lowest BCUT2D eigenvalue weighted by atomic mass is 10.1. The lowest BCUT2D eigenvalue weighted by Crippen LogP contribution is -2.27. The van der Waals surface area contributed by atoms with Gasteiger partial charge in [0.1, 0.15) is 16.3 Å². The third-order valence-corrected chi connectivity index (χ3v) is 6.78. The van der Waals surface area contributed by atoms with E-state index in [1.807, 2.05) is 26.0 Å². The molecule has 0 unspecified atom stereocenters. The Labute approximate surface area is 175 Å². The first-order chi connectivity index (χ1) is 14.3. The molecule has 1 fully saturated rings. The molecule has 9 heteroatoms. The number of nitrogens with one attached hydrogen (secondary N) is 2. The molecule has 0 atom stereocenters. The average Bonchev–Trinajstić information content (AvgIpc) is 3.43. The molecular formula is C21H24N4O4S. The van der Waals surface area contributed by atoms with Crippen molar-refractivity contribution in [3.8, 4) is 11.5 Å². The predicted molar refractivity (Wildman–Crippen MR) is 113 cm³/mol. The molecule has 158 valence electrons. The van der Waals surface area contributed by atoms with E-state index in [2.05, 4.69) is 14.9 Å². The average molecular weight is 429 g/mol. The number of hydrogen-bond acceptors (Lipinski definition) is 5. The number of sulfonamides is 1. The van der Waals surface area contributed by atoms with E-state index in [-0.39, 0.29) is 22.3 Å². The van der Waals surface area contributed by atoms with E-state index < -0.39 is 10.0 Å². The van der Waals surface area contributed by atoms with Crippen LogP contribution in [0.25, 0.3) is 11.5 Å². The molecule has 2 aromatic heterocycles. The van der Waals surface area contributed by atoms with Crippen LogP contribution in [0.4, 0.5) is 5.69 Å². The molecule has 1 amide bonds.